The number of benzene rings is 1. The van der Waals surface area contributed by atoms with Crippen molar-refractivity contribution in [3.05, 3.63) is 23.2 Å². The van der Waals surface area contributed by atoms with Gasteiger partial charge in [0.1, 0.15) is 5.75 Å². The Hall–Kier alpha value is -1.62. The number of aryl methyl sites for hydroxylation is 1. The van der Waals surface area contributed by atoms with Gasteiger partial charge < -0.3 is 4.74 Å². The van der Waals surface area contributed by atoms with Crippen molar-refractivity contribution in [1.29, 1.82) is 0 Å². The number of nitrogens with zero attached hydrogens (tertiary/aromatic N) is 4. The molecule has 0 unspecified atom stereocenters. The SMILES string of the molecule is CC(C)Oc1ccc(Cl)cc1-c1nnnn1C. The van der Waals surface area contributed by atoms with Crippen molar-refractivity contribution in [2.24, 2.45) is 7.05 Å². The summed E-state index contributed by atoms with van der Waals surface area (Å²) >= 11 is 5.99. The van der Waals surface area contributed by atoms with Crippen LogP contribution in [0.2, 0.25) is 5.02 Å². The van der Waals surface area contributed by atoms with Crippen molar-refractivity contribution in [2.45, 2.75) is 20.0 Å². The van der Waals surface area contributed by atoms with Gasteiger partial charge in [0.15, 0.2) is 5.82 Å². The van der Waals surface area contributed by atoms with Crippen LogP contribution in [0.25, 0.3) is 11.4 Å². The van der Waals surface area contributed by atoms with Gasteiger partial charge in [-0.25, -0.2) is 4.68 Å². The Kier molecular flexibility index (Phi) is 3.28. The molecule has 0 saturated carbocycles. The van der Waals surface area contributed by atoms with Crippen LogP contribution in [0, 0.1) is 0 Å². The minimum Gasteiger partial charge on any atom is -0.490 e. The van der Waals surface area contributed by atoms with Crippen LogP contribution in [0.5, 0.6) is 5.75 Å². The first-order valence-electron chi connectivity index (χ1n) is 5.27. The van der Waals surface area contributed by atoms with Gasteiger partial charge in [0.05, 0.1) is 11.7 Å². The van der Waals surface area contributed by atoms with E-state index in [0.717, 1.165) is 11.3 Å². The molecule has 2 rings (SSSR count). The lowest BCUT2D eigenvalue weighted by molar-refractivity contribution is 0.243. The Labute approximate surface area is 104 Å². The van der Waals surface area contributed by atoms with Crippen molar-refractivity contribution in [3.8, 4) is 17.1 Å². The number of tetrazole rings is 1. The molecule has 0 N–H and O–H groups in total. The zero-order valence-electron chi connectivity index (χ0n) is 9.88. The molecule has 0 aliphatic carbocycles. The predicted molar refractivity (Wildman–Crippen MR) is 65.0 cm³/mol. The summed E-state index contributed by atoms with van der Waals surface area (Å²) in [7, 11) is 1.77. The van der Waals surface area contributed by atoms with Crippen molar-refractivity contribution in [3.63, 3.8) is 0 Å². The molecule has 0 aliphatic rings. The van der Waals surface area contributed by atoms with Crippen LogP contribution in [0.3, 0.4) is 0 Å². The third-order valence-corrected chi connectivity index (χ3v) is 2.40. The van der Waals surface area contributed by atoms with Gasteiger partial charge in [-0.3, -0.25) is 0 Å². The van der Waals surface area contributed by atoms with Crippen LogP contribution in [0.4, 0.5) is 0 Å². The Morgan fingerprint density at radius 3 is 2.71 bits per heavy atom. The highest BCUT2D eigenvalue weighted by atomic mass is 35.5. The van der Waals surface area contributed by atoms with Crippen molar-refractivity contribution in [1.82, 2.24) is 20.2 Å². The van der Waals surface area contributed by atoms with Crippen molar-refractivity contribution >= 4 is 11.6 Å². The van der Waals surface area contributed by atoms with E-state index in [0.29, 0.717) is 10.8 Å². The highest BCUT2D eigenvalue weighted by Gasteiger charge is 2.14. The fourth-order valence-electron chi connectivity index (χ4n) is 1.49. The first-order chi connectivity index (χ1) is 8.08. The first kappa shape index (κ1) is 11.9. The Morgan fingerprint density at radius 1 is 1.35 bits per heavy atom. The minimum atomic E-state index is 0.0797. The summed E-state index contributed by atoms with van der Waals surface area (Å²) in [6, 6.07) is 5.41. The van der Waals surface area contributed by atoms with Gasteiger partial charge in [0.25, 0.3) is 0 Å². The third kappa shape index (κ3) is 2.55. The predicted octanol–water partition coefficient (Wildman–Crippen LogP) is 2.32. The second-order valence-electron chi connectivity index (χ2n) is 3.93. The lowest BCUT2D eigenvalue weighted by Crippen LogP contribution is -2.07. The van der Waals surface area contributed by atoms with Crippen LogP contribution < -0.4 is 4.74 Å². The molecular formula is C11H13ClN4O. The van der Waals surface area contributed by atoms with Crippen LogP contribution >= 0.6 is 11.6 Å². The van der Waals surface area contributed by atoms with Crippen molar-refractivity contribution in [2.75, 3.05) is 0 Å². The largest absolute Gasteiger partial charge is 0.490 e. The molecule has 1 heterocycles. The summed E-state index contributed by atoms with van der Waals surface area (Å²) < 4.78 is 7.29. The molecule has 0 fully saturated rings. The monoisotopic (exact) mass is 252 g/mol. The molecule has 0 radical (unpaired) electrons. The molecule has 0 amide bonds. The summed E-state index contributed by atoms with van der Waals surface area (Å²) in [6.45, 7) is 3.93. The molecule has 17 heavy (non-hydrogen) atoms. The summed E-state index contributed by atoms with van der Waals surface area (Å²) in [5, 5.41) is 12.0. The molecule has 0 aliphatic heterocycles. The highest BCUT2D eigenvalue weighted by molar-refractivity contribution is 6.30. The standard InChI is InChI=1S/C11H13ClN4O/c1-7(2)17-10-5-4-8(12)6-9(10)11-13-14-15-16(11)3/h4-7H,1-3H3. The molecule has 1 aromatic carbocycles. The van der Waals surface area contributed by atoms with Crippen LogP contribution in [-0.2, 0) is 7.05 Å². The van der Waals surface area contributed by atoms with Gasteiger partial charge in [-0.05, 0) is 42.5 Å². The number of hydrogen-bond acceptors (Lipinski definition) is 4. The molecule has 0 saturated heterocycles. The Bertz CT molecular complexity index is 524. The number of ether oxygens (including phenoxy) is 1. The van der Waals surface area contributed by atoms with Crippen LogP contribution in [-0.4, -0.2) is 26.3 Å². The average Bonchev–Trinajstić information content (AvgIpc) is 2.66. The lowest BCUT2D eigenvalue weighted by Gasteiger charge is -2.13. The maximum atomic E-state index is 5.99. The molecule has 90 valence electrons. The molecule has 0 spiro atoms. The van der Waals surface area contributed by atoms with E-state index in [9.17, 15) is 0 Å². The van der Waals surface area contributed by atoms with E-state index in [-0.39, 0.29) is 6.10 Å². The zero-order chi connectivity index (χ0) is 12.4. The van der Waals surface area contributed by atoms with Crippen molar-refractivity contribution < 1.29 is 4.74 Å². The second kappa shape index (κ2) is 4.71. The average molecular weight is 253 g/mol. The van der Waals surface area contributed by atoms with E-state index >= 15 is 0 Å². The van der Waals surface area contributed by atoms with Gasteiger partial charge in [-0.1, -0.05) is 11.6 Å². The zero-order valence-corrected chi connectivity index (χ0v) is 10.6. The Balaban J connectivity index is 2.51. The van der Waals surface area contributed by atoms with E-state index in [2.05, 4.69) is 15.5 Å². The van der Waals surface area contributed by atoms with Crippen LogP contribution in [0.15, 0.2) is 18.2 Å². The van der Waals surface area contributed by atoms with E-state index in [1.54, 1.807) is 23.9 Å². The molecule has 2 aromatic rings. The highest BCUT2D eigenvalue weighted by Crippen LogP contribution is 2.31. The number of aromatic nitrogens is 4. The maximum absolute atomic E-state index is 5.99. The number of rotatable bonds is 3. The lowest BCUT2D eigenvalue weighted by atomic mass is 10.2. The second-order valence-corrected chi connectivity index (χ2v) is 4.37. The minimum absolute atomic E-state index is 0.0797. The van der Waals surface area contributed by atoms with E-state index < -0.39 is 0 Å². The Morgan fingerprint density at radius 2 is 2.12 bits per heavy atom. The molecular weight excluding hydrogens is 240 g/mol. The smallest absolute Gasteiger partial charge is 0.185 e. The van der Waals surface area contributed by atoms with E-state index in [1.807, 2.05) is 19.9 Å². The fourth-order valence-corrected chi connectivity index (χ4v) is 1.66. The van der Waals surface area contributed by atoms with Crippen LogP contribution in [0.1, 0.15) is 13.8 Å². The topological polar surface area (TPSA) is 52.8 Å². The maximum Gasteiger partial charge on any atom is 0.185 e. The molecule has 1 aromatic heterocycles. The third-order valence-electron chi connectivity index (χ3n) is 2.17. The van der Waals surface area contributed by atoms with E-state index in [4.69, 9.17) is 16.3 Å². The van der Waals surface area contributed by atoms with Gasteiger partial charge in [-0.15, -0.1) is 5.10 Å². The summed E-state index contributed by atoms with van der Waals surface area (Å²) in [5.41, 5.74) is 0.790. The molecule has 0 bridgehead atoms. The van der Waals surface area contributed by atoms with Gasteiger partial charge in [-0.2, -0.15) is 0 Å². The number of halogens is 1. The first-order valence-corrected chi connectivity index (χ1v) is 5.64. The van der Waals surface area contributed by atoms with Gasteiger partial charge in [0, 0.05) is 12.1 Å². The normalized spacial score (nSPS) is 10.9. The molecule has 5 nitrogen and oxygen atoms in total. The fraction of sp³-hybridized carbons (Fsp3) is 0.364. The molecule has 0 atom stereocenters. The molecule has 6 heteroatoms. The van der Waals surface area contributed by atoms with E-state index in [1.165, 1.54) is 0 Å². The summed E-state index contributed by atoms with van der Waals surface area (Å²) in [6.07, 6.45) is 0.0797. The quantitative estimate of drug-likeness (QED) is 0.841. The summed E-state index contributed by atoms with van der Waals surface area (Å²) in [4.78, 5) is 0. The number of hydrogen-bond donors (Lipinski definition) is 0. The van der Waals surface area contributed by atoms with Gasteiger partial charge >= 0.3 is 0 Å². The van der Waals surface area contributed by atoms with Gasteiger partial charge in [0.2, 0.25) is 0 Å². The summed E-state index contributed by atoms with van der Waals surface area (Å²) in [5.74, 6) is 1.35.